The number of ether oxygens (including phenoxy) is 2. The molecule has 3 atom stereocenters. The van der Waals surface area contributed by atoms with Crippen LogP contribution in [0.25, 0.3) is 0 Å². The number of piperidine rings is 1. The summed E-state index contributed by atoms with van der Waals surface area (Å²) in [6.07, 6.45) is 11.6. The molecule has 4 heteroatoms. The highest BCUT2D eigenvalue weighted by molar-refractivity contribution is 5.03. The van der Waals surface area contributed by atoms with E-state index in [-0.39, 0.29) is 5.60 Å². The summed E-state index contributed by atoms with van der Waals surface area (Å²) in [5.74, 6) is 2.78. The van der Waals surface area contributed by atoms with Gasteiger partial charge >= 0.3 is 0 Å². The summed E-state index contributed by atoms with van der Waals surface area (Å²) in [5.41, 5.74) is 0.176. The van der Waals surface area contributed by atoms with Crippen LogP contribution >= 0.6 is 0 Å². The van der Waals surface area contributed by atoms with E-state index in [1.807, 2.05) is 0 Å². The van der Waals surface area contributed by atoms with Gasteiger partial charge in [0, 0.05) is 18.6 Å². The van der Waals surface area contributed by atoms with Crippen LogP contribution < -0.4 is 0 Å². The third-order valence-electron chi connectivity index (χ3n) is 7.73. The average Bonchev–Trinajstić information content (AvgIpc) is 2.57. The number of hydrogen-bond donors (Lipinski definition) is 1. The van der Waals surface area contributed by atoms with E-state index in [0.29, 0.717) is 31.9 Å². The number of β-amino-alcohol motifs (C(OH)–C–C–N with tert-alkyl or cyclic N) is 1. The van der Waals surface area contributed by atoms with Crippen LogP contribution in [-0.2, 0) is 9.47 Å². The molecule has 0 radical (unpaired) electrons. The van der Waals surface area contributed by atoms with E-state index in [1.165, 1.54) is 57.8 Å². The van der Waals surface area contributed by atoms with E-state index in [1.54, 1.807) is 0 Å². The largest absolute Gasteiger partial charge is 0.389 e. The van der Waals surface area contributed by atoms with Crippen LogP contribution in [0.1, 0.15) is 71.6 Å². The molecule has 4 saturated carbocycles. The molecule has 4 aliphatic carbocycles. The Bertz CT molecular complexity index is 423. The quantitative estimate of drug-likeness (QED) is 0.667. The van der Waals surface area contributed by atoms with Gasteiger partial charge in [-0.25, -0.2) is 0 Å². The van der Waals surface area contributed by atoms with E-state index in [0.717, 1.165) is 24.3 Å². The number of aliphatic hydroxyl groups is 1. The second-order valence-electron chi connectivity index (χ2n) is 10.0. The lowest BCUT2D eigenvalue weighted by atomic mass is 9.54. The fourth-order valence-electron chi connectivity index (χ4n) is 6.88. The summed E-state index contributed by atoms with van der Waals surface area (Å²) >= 11 is 0. The van der Waals surface area contributed by atoms with Crippen molar-refractivity contribution in [2.24, 2.45) is 17.8 Å². The van der Waals surface area contributed by atoms with Crippen molar-refractivity contribution in [2.45, 2.75) is 95.4 Å². The lowest BCUT2D eigenvalue weighted by Gasteiger charge is -2.56. The third kappa shape index (κ3) is 4.29. The van der Waals surface area contributed by atoms with Crippen LogP contribution in [0.2, 0.25) is 0 Å². The second kappa shape index (κ2) is 8.06. The summed E-state index contributed by atoms with van der Waals surface area (Å²) in [5, 5.41) is 10.4. The molecule has 1 saturated heterocycles. The van der Waals surface area contributed by atoms with Crippen LogP contribution in [0.5, 0.6) is 0 Å². The molecular weight excluding hydrogens is 326 g/mol. The molecule has 0 spiro atoms. The molecule has 150 valence electrons. The number of likely N-dealkylation sites (tertiary alicyclic amines) is 1. The van der Waals surface area contributed by atoms with Crippen molar-refractivity contribution in [2.75, 3.05) is 26.4 Å². The first-order chi connectivity index (χ1) is 12.5. The Kier molecular flexibility index (Phi) is 5.95. The van der Waals surface area contributed by atoms with Crippen LogP contribution in [0.3, 0.4) is 0 Å². The summed E-state index contributed by atoms with van der Waals surface area (Å²) in [4.78, 5) is 2.45. The summed E-state index contributed by atoms with van der Waals surface area (Å²) in [6.45, 7) is 7.03. The van der Waals surface area contributed by atoms with Crippen molar-refractivity contribution in [3.63, 3.8) is 0 Å². The van der Waals surface area contributed by atoms with Crippen molar-refractivity contribution in [3.8, 4) is 0 Å². The predicted octanol–water partition coefficient (Wildman–Crippen LogP) is 3.61. The molecule has 5 fully saturated rings. The minimum absolute atomic E-state index is 0.176. The van der Waals surface area contributed by atoms with Crippen LogP contribution in [-0.4, -0.2) is 60.2 Å². The number of nitrogens with zero attached hydrogens (tertiary/aromatic N) is 1. The van der Waals surface area contributed by atoms with Gasteiger partial charge in [-0.2, -0.15) is 0 Å². The number of hydrogen-bond acceptors (Lipinski definition) is 4. The SMILES string of the molecule is C[C@@H]1CCC[C@@H](C)N1C[C@@H](O)COCCOC12CC3CC(CC(C3)C1)C2. The molecule has 0 aromatic rings. The fourth-order valence-corrected chi connectivity index (χ4v) is 6.88. The Balaban J connectivity index is 1.13. The van der Waals surface area contributed by atoms with Gasteiger partial charge < -0.3 is 14.6 Å². The zero-order chi connectivity index (χ0) is 18.1. The highest BCUT2D eigenvalue weighted by atomic mass is 16.5. The molecule has 1 N–H and O–H groups in total. The summed E-state index contributed by atoms with van der Waals surface area (Å²) < 4.78 is 12.2. The van der Waals surface area contributed by atoms with E-state index < -0.39 is 6.10 Å². The lowest BCUT2D eigenvalue weighted by Crippen LogP contribution is -2.52. The van der Waals surface area contributed by atoms with Crippen LogP contribution in [0.15, 0.2) is 0 Å². The smallest absolute Gasteiger partial charge is 0.0900 e. The van der Waals surface area contributed by atoms with Gasteiger partial charge in [-0.3, -0.25) is 4.90 Å². The molecule has 0 unspecified atom stereocenters. The molecule has 4 bridgehead atoms. The molecule has 1 aliphatic heterocycles. The number of aliphatic hydroxyl groups excluding tert-OH is 1. The van der Waals surface area contributed by atoms with Gasteiger partial charge in [-0.05, 0) is 83.0 Å². The minimum atomic E-state index is -0.391. The molecular formula is C22H39NO3. The van der Waals surface area contributed by atoms with Gasteiger partial charge in [0.25, 0.3) is 0 Å². The minimum Gasteiger partial charge on any atom is -0.389 e. The standard InChI is InChI=1S/C22H39NO3/c1-16-4-3-5-17(2)23(16)14-21(24)15-25-6-7-26-22-11-18-8-19(12-22)10-20(9-18)13-22/h16-21,24H,3-15H2,1-2H3/t16-,17-,18?,19?,20?,21-,22?/m1/s1. The Morgan fingerprint density at radius 2 is 1.54 bits per heavy atom. The van der Waals surface area contributed by atoms with E-state index in [9.17, 15) is 5.11 Å². The van der Waals surface area contributed by atoms with Gasteiger partial charge in [0.2, 0.25) is 0 Å². The van der Waals surface area contributed by atoms with Crippen LogP contribution in [0, 0.1) is 17.8 Å². The van der Waals surface area contributed by atoms with Gasteiger partial charge in [0.05, 0.1) is 31.5 Å². The van der Waals surface area contributed by atoms with Crippen molar-refractivity contribution in [3.05, 3.63) is 0 Å². The van der Waals surface area contributed by atoms with Crippen LogP contribution in [0.4, 0.5) is 0 Å². The first-order valence-corrected chi connectivity index (χ1v) is 11.2. The molecule has 0 aromatic carbocycles. The zero-order valence-corrected chi connectivity index (χ0v) is 16.9. The van der Waals surface area contributed by atoms with Gasteiger partial charge in [-0.15, -0.1) is 0 Å². The van der Waals surface area contributed by atoms with E-state index >= 15 is 0 Å². The number of rotatable bonds is 8. The zero-order valence-electron chi connectivity index (χ0n) is 16.9. The maximum Gasteiger partial charge on any atom is 0.0900 e. The topological polar surface area (TPSA) is 41.9 Å². The summed E-state index contributed by atoms with van der Waals surface area (Å²) in [7, 11) is 0. The molecule has 5 aliphatic rings. The predicted molar refractivity (Wildman–Crippen MR) is 103 cm³/mol. The van der Waals surface area contributed by atoms with Gasteiger partial charge in [0.15, 0.2) is 0 Å². The molecule has 1 heterocycles. The first kappa shape index (κ1) is 19.2. The molecule has 5 rings (SSSR count). The first-order valence-electron chi connectivity index (χ1n) is 11.2. The Morgan fingerprint density at radius 3 is 2.12 bits per heavy atom. The van der Waals surface area contributed by atoms with Crippen molar-refractivity contribution in [1.29, 1.82) is 0 Å². The van der Waals surface area contributed by atoms with Crippen molar-refractivity contribution < 1.29 is 14.6 Å². The average molecular weight is 366 g/mol. The maximum absolute atomic E-state index is 10.4. The molecule has 26 heavy (non-hydrogen) atoms. The van der Waals surface area contributed by atoms with Gasteiger partial charge in [-0.1, -0.05) is 6.42 Å². The second-order valence-corrected chi connectivity index (χ2v) is 10.0. The van der Waals surface area contributed by atoms with E-state index in [2.05, 4.69) is 18.7 Å². The van der Waals surface area contributed by atoms with Gasteiger partial charge in [0.1, 0.15) is 0 Å². The normalized spacial score (nSPS) is 43.7. The van der Waals surface area contributed by atoms with Crippen molar-refractivity contribution >= 4 is 0 Å². The lowest BCUT2D eigenvalue weighted by molar-refractivity contribution is -0.170. The molecule has 0 aromatic heterocycles. The highest BCUT2D eigenvalue weighted by Crippen LogP contribution is 2.57. The Hall–Kier alpha value is -0.160. The Labute approximate surface area is 159 Å². The maximum atomic E-state index is 10.4. The third-order valence-corrected chi connectivity index (χ3v) is 7.73. The fraction of sp³-hybridized carbons (Fsp3) is 1.00. The molecule has 0 amide bonds. The van der Waals surface area contributed by atoms with E-state index in [4.69, 9.17) is 9.47 Å². The Morgan fingerprint density at radius 1 is 0.962 bits per heavy atom. The summed E-state index contributed by atoms with van der Waals surface area (Å²) in [6, 6.07) is 1.15. The monoisotopic (exact) mass is 365 g/mol. The highest BCUT2D eigenvalue weighted by Gasteiger charge is 2.51. The molecule has 4 nitrogen and oxygen atoms in total. The van der Waals surface area contributed by atoms with Crippen molar-refractivity contribution in [1.82, 2.24) is 4.90 Å².